The van der Waals surface area contributed by atoms with Crippen LogP contribution in [0.15, 0.2) is 95.1 Å². The summed E-state index contributed by atoms with van der Waals surface area (Å²) in [5, 5.41) is 7.12. The van der Waals surface area contributed by atoms with Gasteiger partial charge in [-0.15, -0.1) is 0 Å². The van der Waals surface area contributed by atoms with Crippen molar-refractivity contribution in [3.63, 3.8) is 0 Å². The van der Waals surface area contributed by atoms with E-state index in [0.29, 0.717) is 11.4 Å². The van der Waals surface area contributed by atoms with E-state index in [1.54, 1.807) is 30.4 Å². The highest BCUT2D eigenvalue weighted by atomic mass is 32.2. The van der Waals surface area contributed by atoms with Crippen LogP contribution in [-0.2, 0) is 4.79 Å². The molecule has 0 aliphatic carbocycles. The molecule has 2 aromatic carbocycles. The first-order valence-electron chi connectivity index (χ1n) is 9.29. The SMILES string of the molecule is O=C(CNC(=O)c1nccc2ccccc12)Nc1cccc(Sc2ccncc2)c1. The highest BCUT2D eigenvalue weighted by Gasteiger charge is 2.13. The monoisotopic (exact) mass is 414 g/mol. The predicted octanol–water partition coefficient (Wildman–Crippen LogP) is 4.15. The van der Waals surface area contributed by atoms with E-state index in [1.165, 1.54) is 0 Å². The first-order valence-corrected chi connectivity index (χ1v) is 10.1. The summed E-state index contributed by atoms with van der Waals surface area (Å²) in [6.07, 6.45) is 5.06. The molecule has 6 nitrogen and oxygen atoms in total. The fourth-order valence-corrected chi connectivity index (χ4v) is 3.79. The van der Waals surface area contributed by atoms with Crippen molar-refractivity contribution < 1.29 is 9.59 Å². The predicted molar refractivity (Wildman–Crippen MR) is 118 cm³/mol. The van der Waals surface area contributed by atoms with Gasteiger partial charge in [-0.05, 0) is 41.8 Å². The molecule has 0 unspecified atom stereocenters. The Balaban J connectivity index is 1.37. The third-order valence-corrected chi connectivity index (χ3v) is 5.30. The Morgan fingerprint density at radius 2 is 1.70 bits per heavy atom. The number of carbonyl (C=O) groups is 2. The topological polar surface area (TPSA) is 84.0 Å². The molecule has 0 spiro atoms. The summed E-state index contributed by atoms with van der Waals surface area (Å²) >= 11 is 1.58. The van der Waals surface area contributed by atoms with Crippen LogP contribution in [0.2, 0.25) is 0 Å². The van der Waals surface area contributed by atoms with E-state index < -0.39 is 0 Å². The molecule has 2 amide bonds. The molecule has 0 aliphatic rings. The van der Waals surface area contributed by atoms with Gasteiger partial charge in [-0.2, -0.15) is 0 Å². The second kappa shape index (κ2) is 9.19. The first-order chi connectivity index (χ1) is 14.7. The lowest BCUT2D eigenvalue weighted by Gasteiger charge is -2.09. The van der Waals surface area contributed by atoms with E-state index in [0.717, 1.165) is 20.6 Å². The maximum absolute atomic E-state index is 12.5. The lowest BCUT2D eigenvalue weighted by Crippen LogP contribution is -2.33. The van der Waals surface area contributed by atoms with Crippen LogP contribution in [0.4, 0.5) is 5.69 Å². The molecular formula is C23H18N4O2S. The fraction of sp³-hybridized carbons (Fsp3) is 0.0435. The minimum atomic E-state index is -0.385. The molecule has 148 valence electrons. The van der Waals surface area contributed by atoms with Crippen LogP contribution < -0.4 is 10.6 Å². The maximum atomic E-state index is 12.5. The van der Waals surface area contributed by atoms with Crippen LogP contribution in [0.3, 0.4) is 0 Å². The van der Waals surface area contributed by atoms with Crippen LogP contribution in [0.5, 0.6) is 0 Å². The highest BCUT2D eigenvalue weighted by Crippen LogP contribution is 2.28. The Hall–Kier alpha value is -3.71. The number of pyridine rings is 2. The van der Waals surface area contributed by atoms with Crippen LogP contribution in [0.1, 0.15) is 10.5 Å². The van der Waals surface area contributed by atoms with Crippen molar-refractivity contribution in [2.75, 3.05) is 11.9 Å². The summed E-state index contributed by atoms with van der Waals surface area (Å²) in [7, 11) is 0. The number of amides is 2. The molecule has 0 aliphatic heterocycles. The van der Waals surface area contributed by atoms with Gasteiger partial charge in [-0.25, -0.2) is 0 Å². The number of hydrogen-bond acceptors (Lipinski definition) is 5. The van der Waals surface area contributed by atoms with Gasteiger partial charge in [0.15, 0.2) is 0 Å². The fourth-order valence-electron chi connectivity index (χ4n) is 2.93. The molecule has 4 rings (SSSR count). The Labute approximate surface area is 177 Å². The Morgan fingerprint density at radius 3 is 2.57 bits per heavy atom. The van der Waals surface area contributed by atoms with Gasteiger partial charge in [0.2, 0.25) is 5.91 Å². The normalized spacial score (nSPS) is 10.5. The third-order valence-electron chi connectivity index (χ3n) is 4.30. The van der Waals surface area contributed by atoms with Gasteiger partial charge in [0, 0.05) is 39.5 Å². The molecule has 2 aromatic heterocycles. The molecule has 0 bridgehead atoms. The van der Waals surface area contributed by atoms with E-state index in [-0.39, 0.29) is 18.4 Å². The summed E-state index contributed by atoms with van der Waals surface area (Å²) < 4.78 is 0. The number of rotatable bonds is 6. The minimum absolute atomic E-state index is 0.147. The molecule has 0 fully saturated rings. The number of hydrogen-bond donors (Lipinski definition) is 2. The highest BCUT2D eigenvalue weighted by molar-refractivity contribution is 7.99. The van der Waals surface area contributed by atoms with E-state index >= 15 is 0 Å². The van der Waals surface area contributed by atoms with Gasteiger partial charge in [0.25, 0.3) is 5.91 Å². The molecule has 4 aromatic rings. The lowest BCUT2D eigenvalue weighted by molar-refractivity contribution is -0.115. The zero-order valence-electron chi connectivity index (χ0n) is 15.9. The lowest BCUT2D eigenvalue weighted by atomic mass is 10.1. The quantitative estimate of drug-likeness (QED) is 0.495. The van der Waals surface area contributed by atoms with Crippen molar-refractivity contribution in [2.45, 2.75) is 9.79 Å². The Morgan fingerprint density at radius 1 is 0.867 bits per heavy atom. The van der Waals surface area contributed by atoms with Gasteiger partial charge in [0.05, 0.1) is 6.54 Å². The van der Waals surface area contributed by atoms with Crippen molar-refractivity contribution in [1.29, 1.82) is 0 Å². The van der Waals surface area contributed by atoms with Crippen LogP contribution >= 0.6 is 11.8 Å². The number of nitrogens with zero attached hydrogens (tertiary/aromatic N) is 2. The average molecular weight is 414 g/mol. The van der Waals surface area contributed by atoms with Crippen molar-refractivity contribution in [2.24, 2.45) is 0 Å². The summed E-state index contributed by atoms with van der Waals surface area (Å²) in [5.74, 6) is -0.696. The van der Waals surface area contributed by atoms with Crippen LogP contribution in [0, 0.1) is 0 Å². The van der Waals surface area contributed by atoms with Crippen LogP contribution in [-0.4, -0.2) is 28.3 Å². The summed E-state index contributed by atoms with van der Waals surface area (Å²) in [6, 6.07) is 20.7. The van der Waals surface area contributed by atoms with E-state index in [2.05, 4.69) is 20.6 Å². The van der Waals surface area contributed by atoms with Gasteiger partial charge < -0.3 is 10.6 Å². The number of nitrogens with one attached hydrogen (secondary N) is 2. The number of anilines is 1. The molecule has 0 radical (unpaired) electrons. The molecule has 0 atom stereocenters. The molecule has 2 heterocycles. The van der Waals surface area contributed by atoms with Gasteiger partial charge in [-0.3, -0.25) is 19.6 Å². The molecule has 2 N–H and O–H groups in total. The zero-order chi connectivity index (χ0) is 20.8. The third kappa shape index (κ3) is 4.82. The molecular weight excluding hydrogens is 396 g/mol. The van der Waals surface area contributed by atoms with E-state index in [9.17, 15) is 9.59 Å². The van der Waals surface area contributed by atoms with Crippen LogP contribution in [0.25, 0.3) is 10.8 Å². The average Bonchev–Trinajstić information content (AvgIpc) is 2.78. The van der Waals surface area contributed by atoms with Crippen molar-refractivity contribution in [1.82, 2.24) is 15.3 Å². The molecule has 0 saturated heterocycles. The second-order valence-electron chi connectivity index (χ2n) is 6.42. The van der Waals surface area contributed by atoms with Crippen molar-refractivity contribution >= 4 is 40.0 Å². The molecule has 30 heavy (non-hydrogen) atoms. The Bertz CT molecular complexity index is 1190. The van der Waals surface area contributed by atoms with Gasteiger partial charge >= 0.3 is 0 Å². The zero-order valence-corrected chi connectivity index (χ0v) is 16.7. The summed E-state index contributed by atoms with van der Waals surface area (Å²) in [5.41, 5.74) is 0.966. The second-order valence-corrected chi connectivity index (χ2v) is 7.57. The first kappa shape index (κ1) is 19.6. The van der Waals surface area contributed by atoms with Gasteiger partial charge in [-0.1, -0.05) is 42.1 Å². The number of aromatic nitrogens is 2. The minimum Gasteiger partial charge on any atom is -0.342 e. The molecule has 0 saturated carbocycles. The van der Waals surface area contributed by atoms with Crippen molar-refractivity contribution in [3.05, 3.63) is 91.0 Å². The number of fused-ring (bicyclic) bond motifs is 1. The summed E-state index contributed by atoms with van der Waals surface area (Å²) in [6.45, 7) is -0.147. The van der Waals surface area contributed by atoms with E-state index in [4.69, 9.17) is 0 Å². The standard InChI is InChI=1S/C23H18N4O2S/c28-21(15-26-23(29)22-20-7-2-1-4-16(20)8-13-25-22)27-17-5-3-6-19(14-17)30-18-9-11-24-12-10-18/h1-14H,15H2,(H,26,29)(H,27,28). The Kier molecular flexibility index (Phi) is 6.01. The van der Waals surface area contributed by atoms with Gasteiger partial charge in [0.1, 0.15) is 5.69 Å². The number of carbonyl (C=O) groups excluding carboxylic acids is 2. The maximum Gasteiger partial charge on any atom is 0.270 e. The smallest absolute Gasteiger partial charge is 0.270 e. The number of benzene rings is 2. The molecule has 7 heteroatoms. The summed E-state index contributed by atoms with van der Waals surface area (Å²) in [4.78, 5) is 35.1. The van der Waals surface area contributed by atoms with E-state index in [1.807, 2.05) is 66.7 Å². The largest absolute Gasteiger partial charge is 0.342 e. The van der Waals surface area contributed by atoms with Crippen molar-refractivity contribution in [3.8, 4) is 0 Å².